The molecule has 0 aliphatic carbocycles. The summed E-state index contributed by atoms with van der Waals surface area (Å²) in [4.78, 5) is 3.83. The summed E-state index contributed by atoms with van der Waals surface area (Å²) in [5.74, 6) is 5.26. The van der Waals surface area contributed by atoms with Crippen LogP contribution in [0.5, 0.6) is 0 Å². The highest BCUT2D eigenvalue weighted by atomic mass is 32.2. The van der Waals surface area contributed by atoms with Crippen molar-refractivity contribution in [3.63, 3.8) is 0 Å². The number of nitrogens with one attached hydrogen (secondary N) is 1. The van der Waals surface area contributed by atoms with Crippen LogP contribution in [0.25, 0.3) is 0 Å². The fourth-order valence-electron chi connectivity index (χ4n) is 1.34. The first kappa shape index (κ1) is 14.8. The Morgan fingerprint density at radius 3 is 2.83 bits per heavy atom. The summed E-state index contributed by atoms with van der Waals surface area (Å²) in [6, 6.07) is 3.12. The number of anilines is 1. The SMILES string of the molecule is CC(O)CCN(C)S(=O)(=O)c1ncccc1NN. The predicted octanol–water partition coefficient (Wildman–Crippen LogP) is -0.241. The van der Waals surface area contributed by atoms with E-state index in [1.807, 2.05) is 0 Å². The molecule has 0 aliphatic rings. The highest BCUT2D eigenvalue weighted by molar-refractivity contribution is 7.89. The van der Waals surface area contributed by atoms with E-state index in [0.29, 0.717) is 6.42 Å². The van der Waals surface area contributed by atoms with Gasteiger partial charge >= 0.3 is 0 Å². The lowest BCUT2D eigenvalue weighted by molar-refractivity contribution is 0.177. The molecule has 18 heavy (non-hydrogen) atoms. The molecule has 7 nitrogen and oxygen atoms in total. The number of nitrogens with two attached hydrogens (primary N) is 1. The van der Waals surface area contributed by atoms with Crippen molar-refractivity contribution in [3.8, 4) is 0 Å². The van der Waals surface area contributed by atoms with Gasteiger partial charge in [0.1, 0.15) is 0 Å². The molecule has 0 amide bonds. The maximum atomic E-state index is 12.2. The van der Waals surface area contributed by atoms with Crippen LogP contribution in [0.2, 0.25) is 0 Å². The Kier molecular flexibility index (Phi) is 5.03. The van der Waals surface area contributed by atoms with Gasteiger partial charge in [-0.15, -0.1) is 0 Å². The molecule has 102 valence electrons. The predicted molar refractivity (Wildman–Crippen MR) is 68.2 cm³/mol. The van der Waals surface area contributed by atoms with E-state index in [4.69, 9.17) is 10.9 Å². The van der Waals surface area contributed by atoms with Gasteiger partial charge in [-0.2, -0.15) is 4.31 Å². The Morgan fingerprint density at radius 1 is 1.61 bits per heavy atom. The van der Waals surface area contributed by atoms with Crippen molar-refractivity contribution in [2.75, 3.05) is 19.0 Å². The number of sulfonamides is 1. The molecule has 1 heterocycles. The number of nitrogens with zero attached hydrogens (tertiary/aromatic N) is 2. The Balaban J connectivity index is 2.98. The van der Waals surface area contributed by atoms with Gasteiger partial charge in [-0.1, -0.05) is 0 Å². The molecule has 1 rings (SSSR count). The maximum Gasteiger partial charge on any atom is 0.262 e. The van der Waals surface area contributed by atoms with Crippen LogP contribution in [-0.2, 0) is 10.0 Å². The molecule has 1 aromatic heterocycles. The van der Waals surface area contributed by atoms with Crippen molar-refractivity contribution < 1.29 is 13.5 Å². The Bertz CT molecular complexity index is 490. The smallest absolute Gasteiger partial charge is 0.262 e. The average molecular weight is 274 g/mol. The number of rotatable bonds is 6. The summed E-state index contributed by atoms with van der Waals surface area (Å²) < 4.78 is 25.6. The van der Waals surface area contributed by atoms with Crippen LogP contribution in [0.1, 0.15) is 13.3 Å². The number of nitrogen functional groups attached to an aromatic ring is 1. The van der Waals surface area contributed by atoms with E-state index < -0.39 is 16.1 Å². The van der Waals surface area contributed by atoms with E-state index in [1.54, 1.807) is 13.0 Å². The molecule has 0 aromatic carbocycles. The molecular formula is C10H18N4O3S. The van der Waals surface area contributed by atoms with Gasteiger partial charge < -0.3 is 10.5 Å². The van der Waals surface area contributed by atoms with Gasteiger partial charge in [0.15, 0.2) is 5.03 Å². The molecule has 0 radical (unpaired) electrons. The van der Waals surface area contributed by atoms with Gasteiger partial charge in [0, 0.05) is 19.8 Å². The third-order valence-electron chi connectivity index (χ3n) is 2.44. The number of aliphatic hydroxyl groups is 1. The third kappa shape index (κ3) is 3.39. The first-order valence-electron chi connectivity index (χ1n) is 5.45. The topological polar surface area (TPSA) is 109 Å². The largest absolute Gasteiger partial charge is 0.393 e. The van der Waals surface area contributed by atoms with Crippen molar-refractivity contribution in [1.82, 2.24) is 9.29 Å². The summed E-state index contributed by atoms with van der Waals surface area (Å²) in [5.41, 5.74) is 2.54. The van der Waals surface area contributed by atoms with Crippen LogP contribution < -0.4 is 11.3 Å². The lowest BCUT2D eigenvalue weighted by atomic mass is 10.3. The molecule has 1 unspecified atom stereocenters. The van der Waals surface area contributed by atoms with Gasteiger partial charge in [0.2, 0.25) is 0 Å². The lowest BCUT2D eigenvalue weighted by Crippen LogP contribution is -2.31. The lowest BCUT2D eigenvalue weighted by Gasteiger charge is -2.18. The molecule has 4 N–H and O–H groups in total. The second-order valence-corrected chi connectivity index (χ2v) is 5.92. The van der Waals surface area contributed by atoms with E-state index >= 15 is 0 Å². The number of hydrazine groups is 1. The van der Waals surface area contributed by atoms with E-state index in [-0.39, 0.29) is 17.3 Å². The fraction of sp³-hybridized carbons (Fsp3) is 0.500. The van der Waals surface area contributed by atoms with Crippen molar-refractivity contribution in [1.29, 1.82) is 0 Å². The van der Waals surface area contributed by atoms with Gasteiger partial charge in [-0.05, 0) is 25.5 Å². The minimum Gasteiger partial charge on any atom is -0.393 e. The molecule has 0 fully saturated rings. The second-order valence-electron chi connectivity index (χ2n) is 3.96. The second kappa shape index (κ2) is 6.10. The Labute approximate surface area is 107 Å². The van der Waals surface area contributed by atoms with Crippen LogP contribution in [0.15, 0.2) is 23.4 Å². The van der Waals surface area contributed by atoms with E-state index in [1.165, 1.54) is 19.3 Å². The van der Waals surface area contributed by atoms with Crippen LogP contribution in [0, 0.1) is 0 Å². The highest BCUT2D eigenvalue weighted by Gasteiger charge is 2.25. The zero-order valence-electron chi connectivity index (χ0n) is 10.4. The molecule has 8 heteroatoms. The van der Waals surface area contributed by atoms with Crippen LogP contribution >= 0.6 is 0 Å². The molecule has 1 atom stereocenters. The summed E-state index contributed by atoms with van der Waals surface area (Å²) in [5, 5.41) is 9.04. The Hall–Kier alpha value is -1.22. The van der Waals surface area contributed by atoms with Crippen LogP contribution in [-0.4, -0.2) is 42.5 Å². The zero-order valence-corrected chi connectivity index (χ0v) is 11.2. The van der Waals surface area contributed by atoms with Crippen LogP contribution in [0.3, 0.4) is 0 Å². The van der Waals surface area contributed by atoms with Crippen molar-refractivity contribution >= 4 is 15.7 Å². The van der Waals surface area contributed by atoms with Crippen molar-refractivity contribution in [3.05, 3.63) is 18.3 Å². The quantitative estimate of drug-likeness (QED) is 0.488. The third-order valence-corrected chi connectivity index (χ3v) is 4.26. The van der Waals surface area contributed by atoms with E-state index in [0.717, 1.165) is 4.31 Å². The minimum absolute atomic E-state index is 0.124. The van der Waals surface area contributed by atoms with E-state index in [9.17, 15) is 8.42 Å². The first-order chi connectivity index (χ1) is 8.39. The van der Waals surface area contributed by atoms with Crippen LogP contribution in [0.4, 0.5) is 5.69 Å². The number of aliphatic hydroxyl groups excluding tert-OH is 1. The summed E-state index contributed by atoms with van der Waals surface area (Å²) in [6.07, 6.45) is 1.18. The fourth-order valence-corrected chi connectivity index (χ4v) is 2.58. The maximum absolute atomic E-state index is 12.2. The minimum atomic E-state index is -3.71. The molecule has 0 bridgehead atoms. The number of aromatic nitrogens is 1. The highest BCUT2D eigenvalue weighted by Crippen LogP contribution is 2.20. The monoisotopic (exact) mass is 274 g/mol. The zero-order chi connectivity index (χ0) is 13.8. The van der Waals surface area contributed by atoms with Crippen molar-refractivity contribution in [2.45, 2.75) is 24.5 Å². The number of pyridine rings is 1. The molecule has 0 aliphatic heterocycles. The van der Waals surface area contributed by atoms with Gasteiger partial charge in [-0.25, -0.2) is 13.4 Å². The number of hydrogen-bond donors (Lipinski definition) is 3. The standard InChI is InChI=1S/C10H18N4O3S/c1-8(15)5-7-14(2)18(16,17)10-9(13-11)4-3-6-12-10/h3-4,6,8,13,15H,5,7,11H2,1-2H3. The molecule has 1 aromatic rings. The number of hydrogen-bond acceptors (Lipinski definition) is 6. The summed E-state index contributed by atoms with van der Waals surface area (Å²) in [6.45, 7) is 1.81. The molecule has 0 spiro atoms. The summed E-state index contributed by atoms with van der Waals surface area (Å²) >= 11 is 0. The molecule has 0 saturated heterocycles. The van der Waals surface area contributed by atoms with Gasteiger partial charge in [0.05, 0.1) is 11.8 Å². The summed E-state index contributed by atoms with van der Waals surface area (Å²) in [7, 11) is -2.27. The first-order valence-corrected chi connectivity index (χ1v) is 6.89. The molecular weight excluding hydrogens is 256 g/mol. The Morgan fingerprint density at radius 2 is 2.28 bits per heavy atom. The van der Waals surface area contributed by atoms with Gasteiger partial charge in [0.25, 0.3) is 10.0 Å². The van der Waals surface area contributed by atoms with Crippen molar-refractivity contribution in [2.24, 2.45) is 5.84 Å². The van der Waals surface area contributed by atoms with Gasteiger partial charge in [-0.3, -0.25) is 5.84 Å². The normalized spacial score (nSPS) is 13.6. The average Bonchev–Trinajstić information content (AvgIpc) is 2.35. The molecule has 0 saturated carbocycles. The van der Waals surface area contributed by atoms with E-state index in [2.05, 4.69) is 10.4 Å².